The van der Waals surface area contributed by atoms with Crippen molar-refractivity contribution in [3.8, 4) is 0 Å². The summed E-state index contributed by atoms with van der Waals surface area (Å²) in [5, 5.41) is 7.86. The quantitative estimate of drug-likeness (QED) is 0.606. The fourth-order valence-electron chi connectivity index (χ4n) is 0.496. The van der Waals surface area contributed by atoms with Crippen molar-refractivity contribution in [3.63, 3.8) is 0 Å². The maximum absolute atomic E-state index is 10.7. The van der Waals surface area contributed by atoms with Crippen LogP contribution in [0.3, 0.4) is 0 Å². The first-order valence-electron chi connectivity index (χ1n) is 3.00. The van der Waals surface area contributed by atoms with Crippen LogP contribution in [0.25, 0.3) is 0 Å². The number of alkyl halides is 1. The molecule has 0 spiro atoms. The third kappa shape index (κ3) is 3.49. The van der Waals surface area contributed by atoms with Crippen LogP contribution in [0.5, 0.6) is 0 Å². The van der Waals surface area contributed by atoms with Crippen LogP contribution in [0.2, 0.25) is 0 Å². The van der Waals surface area contributed by atoms with Gasteiger partial charge in [0.2, 0.25) is 0 Å². The molecule has 0 fully saturated rings. The average molecular weight is 151 g/mol. The number of halogens is 1. The molecule has 3 heteroatoms. The van der Waals surface area contributed by atoms with Gasteiger partial charge in [0, 0.05) is 13.0 Å². The van der Waals surface area contributed by atoms with Gasteiger partial charge in [-0.25, -0.2) is 0 Å². The first kappa shape index (κ1) is 8.92. The van der Waals surface area contributed by atoms with Gasteiger partial charge in [-0.1, -0.05) is 6.92 Å². The van der Waals surface area contributed by atoms with E-state index in [1.54, 1.807) is 6.92 Å². The number of carbonyl (C=O) groups is 1. The van der Waals surface area contributed by atoms with E-state index in [9.17, 15) is 4.79 Å². The first-order valence-corrected chi connectivity index (χ1v) is 3.43. The molecule has 1 unspecified atom stereocenters. The Kier molecular flexibility index (Phi) is 4.72. The highest BCUT2D eigenvalue weighted by molar-refractivity contribution is 6.31. The van der Waals surface area contributed by atoms with Crippen molar-refractivity contribution in [1.82, 2.24) is 0 Å². The van der Waals surface area contributed by atoms with Crippen LogP contribution in [0.4, 0.5) is 0 Å². The van der Waals surface area contributed by atoms with Gasteiger partial charge in [0.15, 0.2) is 0 Å². The lowest BCUT2D eigenvalue weighted by Crippen LogP contribution is -2.14. The zero-order chi connectivity index (χ0) is 7.28. The molecule has 0 aliphatic heterocycles. The number of rotatable bonds is 4. The van der Waals surface area contributed by atoms with Crippen molar-refractivity contribution in [2.24, 2.45) is 0 Å². The highest BCUT2D eigenvalue weighted by Crippen LogP contribution is 2.04. The number of Topliss-reactive ketones (excluding diaryl/α,β-unsaturated/α-hetero) is 1. The van der Waals surface area contributed by atoms with E-state index < -0.39 is 5.38 Å². The summed E-state index contributed by atoms with van der Waals surface area (Å²) in [7, 11) is 0. The van der Waals surface area contributed by atoms with Crippen LogP contribution < -0.4 is 0 Å². The van der Waals surface area contributed by atoms with E-state index >= 15 is 0 Å². The Morgan fingerprint density at radius 1 is 1.78 bits per heavy atom. The Balaban J connectivity index is 3.45. The molecule has 1 atom stereocenters. The first-order chi connectivity index (χ1) is 4.22. The highest BCUT2D eigenvalue weighted by atomic mass is 35.5. The minimum atomic E-state index is -0.486. The van der Waals surface area contributed by atoms with Gasteiger partial charge in [-0.3, -0.25) is 4.79 Å². The zero-order valence-corrected chi connectivity index (χ0v) is 6.19. The van der Waals surface area contributed by atoms with Crippen LogP contribution in [0.1, 0.15) is 19.8 Å². The van der Waals surface area contributed by atoms with Gasteiger partial charge in [-0.15, -0.1) is 11.6 Å². The Labute approximate surface area is 59.8 Å². The molecule has 0 saturated carbocycles. The summed E-state index contributed by atoms with van der Waals surface area (Å²) >= 11 is 5.52. The Morgan fingerprint density at radius 3 is 2.67 bits per heavy atom. The molecule has 0 radical (unpaired) electrons. The predicted octanol–water partition coefficient (Wildman–Crippen LogP) is 0.955. The smallest absolute Gasteiger partial charge is 0.150 e. The lowest BCUT2D eigenvalue weighted by molar-refractivity contribution is -0.118. The molecule has 54 valence electrons. The monoisotopic (exact) mass is 150 g/mol. The summed E-state index contributed by atoms with van der Waals surface area (Å²) in [4.78, 5) is 10.7. The molecule has 0 amide bonds. The highest BCUT2D eigenvalue weighted by Gasteiger charge is 2.10. The summed E-state index contributed by atoms with van der Waals surface area (Å²) < 4.78 is 0. The molecular formula is C6H11ClO2. The van der Waals surface area contributed by atoms with Crippen molar-refractivity contribution in [2.45, 2.75) is 25.1 Å². The number of aliphatic hydroxyl groups excluding tert-OH is 1. The van der Waals surface area contributed by atoms with E-state index in [0.717, 1.165) is 0 Å². The van der Waals surface area contributed by atoms with Gasteiger partial charge >= 0.3 is 0 Å². The lowest BCUT2D eigenvalue weighted by atomic mass is 10.2. The predicted molar refractivity (Wildman–Crippen MR) is 36.6 cm³/mol. The molecule has 0 saturated heterocycles. The molecule has 2 nitrogen and oxygen atoms in total. The SMILES string of the molecule is CCC(=O)C(Cl)CCO. The van der Waals surface area contributed by atoms with E-state index in [4.69, 9.17) is 16.7 Å². The van der Waals surface area contributed by atoms with Gasteiger partial charge < -0.3 is 5.11 Å². The van der Waals surface area contributed by atoms with Crippen LogP contribution in [-0.4, -0.2) is 22.9 Å². The fourth-order valence-corrected chi connectivity index (χ4v) is 0.748. The second-order valence-corrected chi connectivity index (χ2v) is 2.33. The van der Waals surface area contributed by atoms with Crippen molar-refractivity contribution in [1.29, 1.82) is 0 Å². The van der Waals surface area contributed by atoms with Crippen molar-refractivity contribution in [3.05, 3.63) is 0 Å². The number of carbonyl (C=O) groups excluding carboxylic acids is 1. The van der Waals surface area contributed by atoms with Gasteiger partial charge in [0.25, 0.3) is 0 Å². The zero-order valence-electron chi connectivity index (χ0n) is 5.43. The third-order valence-electron chi connectivity index (χ3n) is 1.08. The van der Waals surface area contributed by atoms with Crippen LogP contribution in [0, 0.1) is 0 Å². The van der Waals surface area contributed by atoms with E-state index in [-0.39, 0.29) is 12.4 Å². The summed E-state index contributed by atoms with van der Waals surface area (Å²) in [6.45, 7) is 1.75. The van der Waals surface area contributed by atoms with Crippen LogP contribution in [-0.2, 0) is 4.79 Å². The van der Waals surface area contributed by atoms with Crippen LogP contribution in [0.15, 0.2) is 0 Å². The van der Waals surface area contributed by atoms with Gasteiger partial charge in [0.05, 0.1) is 5.38 Å². The Bertz CT molecular complexity index is 93.1. The van der Waals surface area contributed by atoms with Gasteiger partial charge in [-0.05, 0) is 6.42 Å². The molecule has 1 N–H and O–H groups in total. The molecule has 0 aromatic heterocycles. The second kappa shape index (κ2) is 4.77. The van der Waals surface area contributed by atoms with E-state index in [2.05, 4.69) is 0 Å². The number of aliphatic hydroxyl groups is 1. The Morgan fingerprint density at radius 2 is 2.33 bits per heavy atom. The minimum Gasteiger partial charge on any atom is -0.396 e. The summed E-state index contributed by atoms with van der Waals surface area (Å²) in [6.07, 6.45) is 0.822. The summed E-state index contributed by atoms with van der Waals surface area (Å²) in [5.74, 6) is 0.00529. The largest absolute Gasteiger partial charge is 0.396 e. The number of hydrogen-bond acceptors (Lipinski definition) is 2. The average Bonchev–Trinajstić information content (AvgIpc) is 1.87. The molecule has 0 aromatic rings. The topological polar surface area (TPSA) is 37.3 Å². The van der Waals surface area contributed by atoms with Crippen LogP contribution >= 0.6 is 11.6 Å². The fraction of sp³-hybridized carbons (Fsp3) is 0.833. The molecule has 9 heavy (non-hydrogen) atoms. The summed E-state index contributed by atoms with van der Waals surface area (Å²) in [6, 6.07) is 0. The minimum absolute atomic E-state index is 0.00529. The van der Waals surface area contributed by atoms with Gasteiger partial charge in [-0.2, -0.15) is 0 Å². The van der Waals surface area contributed by atoms with E-state index in [0.29, 0.717) is 12.8 Å². The number of hydrogen-bond donors (Lipinski definition) is 1. The molecule has 0 rings (SSSR count). The van der Waals surface area contributed by atoms with Crippen molar-refractivity contribution < 1.29 is 9.90 Å². The molecule has 0 aliphatic rings. The van der Waals surface area contributed by atoms with Crippen molar-refractivity contribution >= 4 is 17.4 Å². The molecular weight excluding hydrogens is 140 g/mol. The third-order valence-corrected chi connectivity index (χ3v) is 1.54. The van der Waals surface area contributed by atoms with E-state index in [1.807, 2.05) is 0 Å². The lowest BCUT2D eigenvalue weighted by Gasteiger charge is -2.01. The standard InChI is InChI=1S/C6H11ClO2/c1-2-6(9)5(7)3-4-8/h5,8H,2-4H2,1H3. The molecule has 0 aromatic carbocycles. The number of ketones is 1. The van der Waals surface area contributed by atoms with E-state index in [1.165, 1.54) is 0 Å². The summed E-state index contributed by atoms with van der Waals surface area (Å²) in [5.41, 5.74) is 0. The second-order valence-electron chi connectivity index (χ2n) is 1.80. The van der Waals surface area contributed by atoms with Gasteiger partial charge in [0.1, 0.15) is 5.78 Å². The normalized spacial score (nSPS) is 13.2. The molecule has 0 heterocycles. The van der Waals surface area contributed by atoms with Crippen molar-refractivity contribution in [2.75, 3.05) is 6.61 Å². The Hall–Kier alpha value is -0.0800. The molecule has 0 bridgehead atoms. The maximum Gasteiger partial charge on any atom is 0.150 e. The maximum atomic E-state index is 10.7. The molecule has 0 aliphatic carbocycles.